The molecule has 1 heterocycles. The highest BCUT2D eigenvalue weighted by Gasteiger charge is 2.10. The van der Waals surface area contributed by atoms with Gasteiger partial charge in [-0.15, -0.1) is 0 Å². The Morgan fingerprint density at radius 1 is 1.20 bits per heavy atom. The summed E-state index contributed by atoms with van der Waals surface area (Å²) >= 11 is 0. The summed E-state index contributed by atoms with van der Waals surface area (Å²) < 4.78 is 10.3. The first-order valence-corrected chi connectivity index (χ1v) is 8.47. The van der Waals surface area contributed by atoms with E-state index in [0.717, 1.165) is 40.5 Å². The van der Waals surface area contributed by atoms with Crippen LogP contribution in [0.3, 0.4) is 0 Å². The molecule has 2 aromatic carbocycles. The van der Waals surface area contributed by atoms with Crippen LogP contribution >= 0.6 is 0 Å². The van der Waals surface area contributed by atoms with Gasteiger partial charge in [-0.05, 0) is 36.1 Å². The number of hydrogen-bond donors (Lipinski definition) is 1. The molecule has 1 N–H and O–H groups in total. The van der Waals surface area contributed by atoms with Gasteiger partial charge in [-0.25, -0.2) is 0 Å². The lowest BCUT2D eigenvalue weighted by atomic mass is 9.99. The van der Waals surface area contributed by atoms with Gasteiger partial charge in [0.05, 0.1) is 13.3 Å². The van der Waals surface area contributed by atoms with E-state index in [2.05, 4.69) is 22.6 Å². The molecule has 0 aliphatic carbocycles. The van der Waals surface area contributed by atoms with Crippen molar-refractivity contribution in [3.8, 4) is 5.75 Å². The Kier molecular flexibility index (Phi) is 5.67. The molecule has 0 radical (unpaired) electrons. The normalized spacial score (nSPS) is 10.8. The first kappa shape index (κ1) is 17.0. The Morgan fingerprint density at radius 2 is 2.08 bits per heavy atom. The summed E-state index contributed by atoms with van der Waals surface area (Å²) in [6.45, 7) is 0.649. The Bertz CT molecular complexity index is 828. The molecule has 5 nitrogen and oxygen atoms in total. The molecule has 0 bridgehead atoms. The third-order valence-electron chi connectivity index (χ3n) is 4.27. The molecule has 3 rings (SSSR count). The zero-order chi connectivity index (χ0) is 17.5. The van der Waals surface area contributed by atoms with E-state index >= 15 is 0 Å². The van der Waals surface area contributed by atoms with Crippen molar-refractivity contribution in [1.29, 1.82) is 0 Å². The van der Waals surface area contributed by atoms with Crippen LogP contribution in [0.1, 0.15) is 24.0 Å². The van der Waals surface area contributed by atoms with Gasteiger partial charge < -0.3 is 14.6 Å². The summed E-state index contributed by atoms with van der Waals surface area (Å²) in [6, 6.07) is 12.2. The molecule has 0 unspecified atom stereocenters. The van der Waals surface area contributed by atoms with Gasteiger partial charge in [0.15, 0.2) is 0 Å². The predicted molar refractivity (Wildman–Crippen MR) is 96.7 cm³/mol. The zero-order valence-electron chi connectivity index (χ0n) is 14.3. The molecule has 1 aromatic heterocycles. The number of amides is 1. The lowest BCUT2D eigenvalue weighted by Gasteiger charge is -2.12. The second-order valence-electron chi connectivity index (χ2n) is 5.95. The highest BCUT2D eigenvalue weighted by molar-refractivity contribution is 5.88. The molecule has 0 spiro atoms. The van der Waals surface area contributed by atoms with Gasteiger partial charge in [-0.2, -0.15) is 0 Å². The van der Waals surface area contributed by atoms with E-state index in [9.17, 15) is 4.79 Å². The number of aromatic nitrogens is 1. The van der Waals surface area contributed by atoms with Crippen molar-refractivity contribution in [2.75, 3.05) is 13.7 Å². The van der Waals surface area contributed by atoms with E-state index in [-0.39, 0.29) is 5.91 Å². The number of fused-ring (bicyclic) bond motifs is 1. The maximum Gasteiger partial charge on any atom is 0.220 e. The van der Waals surface area contributed by atoms with E-state index in [4.69, 9.17) is 9.26 Å². The average Bonchev–Trinajstić information content (AvgIpc) is 3.16. The highest BCUT2D eigenvalue weighted by Crippen LogP contribution is 2.29. The van der Waals surface area contributed by atoms with Gasteiger partial charge in [0.1, 0.15) is 12.0 Å². The molecule has 0 saturated carbocycles. The number of aryl methyl sites for hydroxylation is 2. The number of carbonyl (C=O) groups is 1. The number of ether oxygens (including phenoxy) is 1. The van der Waals surface area contributed by atoms with Gasteiger partial charge in [-0.1, -0.05) is 35.5 Å². The second-order valence-corrected chi connectivity index (χ2v) is 5.95. The number of rotatable bonds is 8. The summed E-state index contributed by atoms with van der Waals surface area (Å²) in [6.07, 6.45) is 6.15. The van der Waals surface area contributed by atoms with Crippen LogP contribution in [0.25, 0.3) is 10.8 Å². The molecule has 0 saturated heterocycles. The quantitative estimate of drug-likeness (QED) is 0.638. The first-order chi connectivity index (χ1) is 12.3. The Labute approximate surface area is 147 Å². The summed E-state index contributed by atoms with van der Waals surface area (Å²) in [5.74, 6) is 0.888. The molecular formula is C20H22N2O3. The van der Waals surface area contributed by atoms with Gasteiger partial charge >= 0.3 is 0 Å². The predicted octanol–water partition coefficient (Wildman–Crippen LogP) is 3.52. The minimum absolute atomic E-state index is 0.0558. The summed E-state index contributed by atoms with van der Waals surface area (Å²) in [7, 11) is 1.67. The van der Waals surface area contributed by atoms with E-state index in [1.807, 2.05) is 24.3 Å². The second kappa shape index (κ2) is 8.33. The van der Waals surface area contributed by atoms with Crippen LogP contribution in [0, 0.1) is 0 Å². The number of methoxy groups -OCH3 is 1. The number of nitrogens with one attached hydrogen (secondary N) is 1. The van der Waals surface area contributed by atoms with Gasteiger partial charge in [0.25, 0.3) is 0 Å². The van der Waals surface area contributed by atoms with E-state index < -0.39 is 0 Å². The Balaban J connectivity index is 1.54. The fourth-order valence-corrected chi connectivity index (χ4v) is 2.96. The van der Waals surface area contributed by atoms with Gasteiger partial charge in [-0.3, -0.25) is 4.79 Å². The van der Waals surface area contributed by atoms with Crippen molar-refractivity contribution < 1.29 is 14.1 Å². The number of nitrogens with zero attached hydrogens (tertiary/aromatic N) is 1. The van der Waals surface area contributed by atoms with Crippen molar-refractivity contribution in [1.82, 2.24) is 10.5 Å². The maximum absolute atomic E-state index is 12.1. The van der Waals surface area contributed by atoms with Crippen LogP contribution in [0.5, 0.6) is 5.75 Å². The van der Waals surface area contributed by atoms with Gasteiger partial charge in [0.2, 0.25) is 5.91 Å². The summed E-state index contributed by atoms with van der Waals surface area (Å²) in [5.41, 5.74) is 2.13. The number of carbonyl (C=O) groups excluding carboxylic acids is 1. The number of benzene rings is 2. The number of hydrogen-bond acceptors (Lipinski definition) is 4. The van der Waals surface area contributed by atoms with Crippen molar-refractivity contribution in [3.63, 3.8) is 0 Å². The fourth-order valence-electron chi connectivity index (χ4n) is 2.96. The zero-order valence-corrected chi connectivity index (χ0v) is 14.3. The summed E-state index contributed by atoms with van der Waals surface area (Å²) in [4.78, 5) is 12.1. The smallest absolute Gasteiger partial charge is 0.220 e. The maximum atomic E-state index is 12.1. The van der Waals surface area contributed by atoms with E-state index in [1.54, 1.807) is 19.6 Å². The molecule has 25 heavy (non-hydrogen) atoms. The Hall–Kier alpha value is -2.82. The lowest BCUT2D eigenvalue weighted by molar-refractivity contribution is -0.121. The fraction of sp³-hybridized carbons (Fsp3) is 0.300. The molecule has 1 amide bonds. The monoisotopic (exact) mass is 338 g/mol. The van der Waals surface area contributed by atoms with Crippen LogP contribution in [0.4, 0.5) is 0 Å². The van der Waals surface area contributed by atoms with Crippen molar-refractivity contribution >= 4 is 16.7 Å². The van der Waals surface area contributed by atoms with E-state index in [1.165, 1.54) is 0 Å². The third kappa shape index (κ3) is 4.38. The Morgan fingerprint density at radius 3 is 2.88 bits per heavy atom. The van der Waals surface area contributed by atoms with Crippen molar-refractivity contribution in [2.24, 2.45) is 0 Å². The van der Waals surface area contributed by atoms with Crippen LogP contribution in [-0.4, -0.2) is 24.7 Å². The van der Waals surface area contributed by atoms with Crippen molar-refractivity contribution in [2.45, 2.75) is 25.7 Å². The molecular weight excluding hydrogens is 316 g/mol. The first-order valence-electron chi connectivity index (χ1n) is 8.47. The molecule has 3 aromatic rings. The highest BCUT2D eigenvalue weighted by atomic mass is 16.5. The van der Waals surface area contributed by atoms with E-state index in [0.29, 0.717) is 19.4 Å². The third-order valence-corrected chi connectivity index (χ3v) is 4.27. The molecule has 5 heteroatoms. The van der Waals surface area contributed by atoms with Crippen molar-refractivity contribution in [3.05, 3.63) is 60.0 Å². The van der Waals surface area contributed by atoms with Crippen LogP contribution in [0.2, 0.25) is 0 Å². The van der Waals surface area contributed by atoms with Crippen LogP contribution < -0.4 is 10.1 Å². The molecule has 130 valence electrons. The minimum atomic E-state index is 0.0558. The largest absolute Gasteiger partial charge is 0.496 e. The lowest BCUT2D eigenvalue weighted by Crippen LogP contribution is -2.25. The average molecular weight is 338 g/mol. The molecule has 0 aliphatic heterocycles. The SMILES string of the molecule is COc1ccc2ccccc2c1CCC(=O)NCCCc1cnoc1. The topological polar surface area (TPSA) is 64.4 Å². The molecule has 0 aliphatic rings. The van der Waals surface area contributed by atoms with Crippen LogP contribution in [0.15, 0.2) is 53.4 Å². The summed E-state index contributed by atoms with van der Waals surface area (Å²) in [5, 5.41) is 8.94. The molecule has 0 atom stereocenters. The molecule has 0 fully saturated rings. The van der Waals surface area contributed by atoms with Crippen LogP contribution in [-0.2, 0) is 17.6 Å². The minimum Gasteiger partial charge on any atom is -0.496 e. The standard InChI is InChI=1S/C20H22N2O3/c1-24-19-10-8-16-6-2-3-7-17(16)18(19)9-11-20(23)21-12-4-5-15-13-22-25-14-15/h2-3,6-8,10,13-14H,4-5,9,11-12H2,1H3,(H,21,23). The van der Waals surface area contributed by atoms with Gasteiger partial charge in [0, 0.05) is 24.1 Å².